The van der Waals surface area contributed by atoms with E-state index in [2.05, 4.69) is 19.2 Å². The molecule has 0 unspecified atom stereocenters. The quantitative estimate of drug-likeness (QED) is 0.752. The van der Waals surface area contributed by atoms with Gasteiger partial charge in [0.1, 0.15) is 17.2 Å². The molecule has 26 heavy (non-hydrogen) atoms. The van der Waals surface area contributed by atoms with Crippen LogP contribution in [0, 0.1) is 6.92 Å². The lowest BCUT2D eigenvalue weighted by atomic mass is 9.98. The Balaban J connectivity index is 2.04. The second-order valence-electron chi connectivity index (χ2n) is 6.20. The molecule has 0 saturated carbocycles. The number of benzene rings is 2. The van der Waals surface area contributed by atoms with Crippen LogP contribution in [0.15, 0.2) is 30.3 Å². The topological polar surface area (TPSA) is 56.8 Å². The molecule has 2 rings (SSSR count). The molecule has 0 fully saturated rings. The van der Waals surface area contributed by atoms with Gasteiger partial charge < -0.3 is 19.5 Å². The number of rotatable bonds is 7. The van der Waals surface area contributed by atoms with Crippen molar-refractivity contribution in [3.05, 3.63) is 46.5 Å². The minimum absolute atomic E-state index is 0.117. The van der Waals surface area contributed by atoms with E-state index < -0.39 is 0 Å². The molecule has 0 spiro atoms. The molecule has 140 valence electrons. The van der Waals surface area contributed by atoms with Gasteiger partial charge in [-0.2, -0.15) is 0 Å². The molecule has 0 heterocycles. The number of hydrogen-bond acceptors (Lipinski definition) is 4. The van der Waals surface area contributed by atoms with Gasteiger partial charge >= 0.3 is 0 Å². The number of ether oxygens (including phenoxy) is 3. The van der Waals surface area contributed by atoms with E-state index in [-0.39, 0.29) is 12.5 Å². The number of aryl methyl sites for hydroxylation is 1. The molecular formula is C20H24ClNO4. The molecule has 0 saturated heterocycles. The monoisotopic (exact) mass is 377 g/mol. The highest BCUT2D eigenvalue weighted by molar-refractivity contribution is 6.32. The Bertz CT molecular complexity index is 790. The maximum atomic E-state index is 12.2. The van der Waals surface area contributed by atoms with Crippen molar-refractivity contribution in [3.63, 3.8) is 0 Å². The fraction of sp³-hybridized carbons (Fsp3) is 0.350. The molecule has 0 aliphatic rings. The van der Waals surface area contributed by atoms with Crippen LogP contribution < -0.4 is 19.5 Å². The molecule has 0 radical (unpaired) electrons. The van der Waals surface area contributed by atoms with Crippen LogP contribution in [-0.2, 0) is 4.79 Å². The SMILES string of the molecule is COc1cc(NC(=O)COc2ccc(C(C)C)c(C)c2)c(OC)cc1Cl. The van der Waals surface area contributed by atoms with Crippen LogP contribution in [0.25, 0.3) is 0 Å². The third-order valence-electron chi connectivity index (χ3n) is 3.98. The van der Waals surface area contributed by atoms with Crippen LogP contribution in [0.3, 0.4) is 0 Å². The van der Waals surface area contributed by atoms with Gasteiger partial charge in [0.15, 0.2) is 6.61 Å². The van der Waals surface area contributed by atoms with Gasteiger partial charge in [0.2, 0.25) is 0 Å². The van der Waals surface area contributed by atoms with Crippen molar-refractivity contribution in [2.24, 2.45) is 0 Å². The van der Waals surface area contributed by atoms with Crippen LogP contribution in [0.4, 0.5) is 5.69 Å². The number of carbonyl (C=O) groups is 1. The highest BCUT2D eigenvalue weighted by Crippen LogP contribution is 2.35. The zero-order chi connectivity index (χ0) is 19.3. The van der Waals surface area contributed by atoms with E-state index in [1.54, 1.807) is 12.1 Å². The summed E-state index contributed by atoms with van der Waals surface area (Å²) >= 11 is 6.07. The lowest BCUT2D eigenvalue weighted by molar-refractivity contribution is -0.118. The zero-order valence-corrected chi connectivity index (χ0v) is 16.4. The van der Waals surface area contributed by atoms with Gasteiger partial charge in [0.25, 0.3) is 5.91 Å². The van der Waals surface area contributed by atoms with E-state index in [4.69, 9.17) is 25.8 Å². The Morgan fingerprint density at radius 3 is 2.38 bits per heavy atom. The van der Waals surface area contributed by atoms with E-state index in [1.807, 2.05) is 25.1 Å². The highest BCUT2D eigenvalue weighted by atomic mass is 35.5. The Hall–Kier alpha value is -2.40. The minimum Gasteiger partial charge on any atom is -0.495 e. The van der Waals surface area contributed by atoms with E-state index >= 15 is 0 Å². The first kappa shape index (κ1) is 19.9. The normalized spacial score (nSPS) is 10.6. The van der Waals surface area contributed by atoms with Gasteiger partial charge in [-0.25, -0.2) is 0 Å². The Labute approximate surface area is 159 Å². The Morgan fingerprint density at radius 2 is 1.81 bits per heavy atom. The van der Waals surface area contributed by atoms with Gasteiger partial charge in [0, 0.05) is 12.1 Å². The smallest absolute Gasteiger partial charge is 0.262 e. The van der Waals surface area contributed by atoms with Gasteiger partial charge in [-0.1, -0.05) is 31.5 Å². The summed E-state index contributed by atoms with van der Waals surface area (Å²) in [6.07, 6.45) is 0. The largest absolute Gasteiger partial charge is 0.495 e. The fourth-order valence-corrected chi connectivity index (χ4v) is 2.91. The number of methoxy groups -OCH3 is 2. The molecular weight excluding hydrogens is 354 g/mol. The number of halogens is 1. The van der Waals surface area contributed by atoms with Crippen molar-refractivity contribution in [3.8, 4) is 17.2 Å². The van der Waals surface area contributed by atoms with Crippen molar-refractivity contribution < 1.29 is 19.0 Å². The van der Waals surface area contributed by atoms with Crippen LogP contribution in [-0.4, -0.2) is 26.7 Å². The third kappa shape index (κ3) is 4.82. The number of hydrogen-bond donors (Lipinski definition) is 1. The first-order valence-corrected chi connectivity index (χ1v) is 8.68. The number of anilines is 1. The standard InChI is InChI=1S/C20H24ClNO4/c1-12(2)15-7-6-14(8-13(15)3)26-11-20(23)22-17-10-18(24-4)16(21)9-19(17)25-5/h6-10,12H,11H2,1-5H3,(H,22,23). The Morgan fingerprint density at radius 1 is 1.12 bits per heavy atom. The van der Waals surface area contributed by atoms with E-state index in [0.717, 1.165) is 5.56 Å². The van der Waals surface area contributed by atoms with Crippen molar-refractivity contribution in [1.29, 1.82) is 0 Å². The van der Waals surface area contributed by atoms with Crippen LogP contribution >= 0.6 is 11.6 Å². The van der Waals surface area contributed by atoms with E-state index in [9.17, 15) is 4.79 Å². The van der Waals surface area contributed by atoms with E-state index in [1.165, 1.54) is 19.8 Å². The number of carbonyl (C=O) groups excluding carboxylic acids is 1. The molecule has 0 aliphatic heterocycles. The summed E-state index contributed by atoms with van der Waals surface area (Å²) in [6, 6.07) is 9.04. The summed E-state index contributed by atoms with van der Waals surface area (Å²) in [7, 11) is 3.01. The van der Waals surface area contributed by atoms with Crippen molar-refractivity contribution in [1.82, 2.24) is 0 Å². The fourth-order valence-electron chi connectivity index (χ4n) is 2.68. The second kappa shape index (κ2) is 8.81. The Kier molecular flexibility index (Phi) is 6.75. The summed E-state index contributed by atoms with van der Waals surface area (Å²) < 4.78 is 16.0. The van der Waals surface area contributed by atoms with E-state index in [0.29, 0.717) is 33.9 Å². The minimum atomic E-state index is -0.307. The van der Waals surface area contributed by atoms with Gasteiger partial charge in [-0.05, 0) is 36.1 Å². The molecule has 0 bridgehead atoms. The summed E-state index contributed by atoms with van der Waals surface area (Å²) in [4.78, 5) is 12.2. The van der Waals surface area contributed by atoms with Gasteiger partial charge in [-0.3, -0.25) is 4.79 Å². The average Bonchev–Trinajstić information content (AvgIpc) is 2.60. The molecule has 0 aliphatic carbocycles. The number of nitrogens with one attached hydrogen (secondary N) is 1. The summed E-state index contributed by atoms with van der Waals surface area (Å²) in [5.74, 6) is 1.69. The molecule has 5 nitrogen and oxygen atoms in total. The summed E-state index contributed by atoms with van der Waals surface area (Å²) in [6.45, 7) is 6.20. The molecule has 0 aromatic heterocycles. The maximum Gasteiger partial charge on any atom is 0.262 e. The lowest BCUT2D eigenvalue weighted by Crippen LogP contribution is -2.20. The molecule has 1 N–H and O–H groups in total. The predicted molar refractivity (Wildman–Crippen MR) is 104 cm³/mol. The number of amides is 1. The molecule has 2 aromatic carbocycles. The summed E-state index contributed by atoms with van der Waals surface area (Å²) in [5, 5.41) is 3.15. The van der Waals surface area contributed by atoms with Crippen molar-refractivity contribution in [2.75, 3.05) is 26.1 Å². The van der Waals surface area contributed by atoms with Gasteiger partial charge in [-0.15, -0.1) is 0 Å². The molecule has 2 aromatic rings. The lowest BCUT2D eigenvalue weighted by Gasteiger charge is -2.14. The second-order valence-corrected chi connectivity index (χ2v) is 6.60. The first-order chi connectivity index (χ1) is 12.3. The summed E-state index contributed by atoms with van der Waals surface area (Å²) in [5.41, 5.74) is 2.87. The van der Waals surface area contributed by atoms with Crippen LogP contribution in [0.5, 0.6) is 17.2 Å². The zero-order valence-electron chi connectivity index (χ0n) is 15.7. The van der Waals surface area contributed by atoms with Crippen LogP contribution in [0.2, 0.25) is 5.02 Å². The third-order valence-corrected chi connectivity index (χ3v) is 4.28. The average molecular weight is 378 g/mol. The molecule has 1 amide bonds. The van der Waals surface area contributed by atoms with Gasteiger partial charge in [0.05, 0.1) is 24.9 Å². The van der Waals surface area contributed by atoms with Crippen molar-refractivity contribution >= 4 is 23.2 Å². The van der Waals surface area contributed by atoms with Crippen molar-refractivity contribution in [2.45, 2.75) is 26.7 Å². The highest BCUT2D eigenvalue weighted by Gasteiger charge is 2.13. The molecule has 6 heteroatoms. The first-order valence-electron chi connectivity index (χ1n) is 8.30. The predicted octanol–water partition coefficient (Wildman–Crippen LogP) is 4.81. The maximum absolute atomic E-state index is 12.2. The van der Waals surface area contributed by atoms with Crippen LogP contribution in [0.1, 0.15) is 30.9 Å². The molecule has 0 atom stereocenters.